The van der Waals surface area contributed by atoms with E-state index in [0.29, 0.717) is 40.3 Å². The van der Waals surface area contributed by atoms with Crippen molar-refractivity contribution in [3.63, 3.8) is 0 Å². The van der Waals surface area contributed by atoms with Gasteiger partial charge in [0, 0.05) is 17.0 Å². The first-order valence-electron chi connectivity index (χ1n) is 9.37. The molecule has 0 unspecified atom stereocenters. The zero-order valence-electron chi connectivity index (χ0n) is 17.3. The lowest BCUT2D eigenvalue weighted by molar-refractivity contribution is 0.324. The summed E-state index contributed by atoms with van der Waals surface area (Å²) in [5.74, 6) is 2.88. The maximum atomic E-state index is 5.85. The van der Waals surface area contributed by atoms with Gasteiger partial charge >= 0.3 is 0 Å². The van der Waals surface area contributed by atoms with E-state index >= 15 is 0 Å². The van der Waals surface area contributed by atoms with Gasteiger partial charge in [0.25, 0.3) is 0 Å². The normalized spacial score (nSPS) is 10.9. The predicted molar refractivity (Wildman–Crippen MR) is 117 cm³/mol. The van der Waals surface area contributed by atoms with Gasteiger partial charge in [-0.15, -0.1) is 31.7 Å². The SMILES string of the molecule is COc1cc(-c2nnc(CSc3nncn3CCc3cccs3)o2)cc(OC)c1OC. The third-order valence-electron chi connectivity index (χ3n) is 4.46. The van der Waals surface area contributed by atoms with Crippen LogP contribution in [0, 0.1) is 0 Å². The fraction of sp³-hybridized carbons (Fsp3) is 0.300. The van der Waals surface area contributed by atoms with Crippen LogP contribution in [-0.4, -0.2) is 46.3 Å². The third-order valence-corrected chi connectivity index (χ3v) is 6.36. The number of thioether (sulfide) groups is 1. The zero-order valence-corrected chi connectivity index (χ0v) is 18.9. The maximum absolute atomic E-state index is 5.85. The second-order valence-corrected chi connectivity index (χ2v) is 8.31. The van der Waals surface area contributed by atoms with Crippen LogP contribution in [-0.2, 0) is 18.7 Å². The second-order valence-electron chi connectivity index (χ2n) is 6.34. The van der Waals surface area contributed by atoms with Gasteiger partial charge < -0.3 is 23.2 Å². The number of hydrogen-bond acceptors (Lipinski definition) is 10. The lowest BCUT2D eigenvalue weighted by atomic mass is 10.2. The highest BCUT2D eigenvalue weighted by Crippen LogP contribution is 2.41. The molecule has 0 N–H and O–H groups in total. The fourth-order valence-corrected chi connectivity index (χ4v) is 4.43. The fourth-order valence-electron chi connectivity index (χ4n) is 2.95. The van der Waals surface area contributed by atoms with Crippen LogP contribution in [0.3, 0.4) is 0 Å². The van der Waals surface area contributed by atoms with E-state index in [0.717, 1.165) is 18.1 Å². The molecule has 0 saturated heterocycles. The van der Waals surface area contributed by atoms with E-state index in [9.17, 15) is 0 Å². The molecule has 0 saturated carbocycles. The first kappa shape index (κ1) is 21.2. The van der Waals surface area contributed by atoms with E-state index in [4.69, 9.17) is 18.6 Å². The summed E-state index contributed by atoms with van der Waals surface area (Å²) in [6.07, 6.45) is 2.68. The van der Waals surface area contributed by atoms with Gasteiger partial charge in [0.05, 0.1) is 27.1 Å². The Kier molecular flexibility index (Phi) is 6.73. The lowest BCUT2D eigenvalue weighted by Gasteiger charge is -2.12. The van der Waals surface area contributed by atoms with E-state index in [2.05, 4.69) is 37.9 Å². The Morgan fingerprint density at radius 2 is 1.87 bits per heavy atom. The molecule has 0 atom stereocenters. The summed E-state index contributed by atoms with van der Waals surface area (Å²) in [5.41, 5.74) is 0.678. The monoisotopic (exact) mass is 459 g/mol. The Hall–Kier alpha value is -3.05. The molecule has 31 heavy (non-hydrogen) atoms. The Bertz CT molecular complexity index is 1100. The number of hydrogen-bond donors (Lipinski definition) is 0. The summed E-state index contributed by atoms with van der Waals surface area (Å²) in [4.78, 5) is 1.33. The molecule has 0 amide bonds. The number of aromatic nitrogens is 5. The van der Waals surface area contributed by atoms with Crippen molar-refractivity contribution in [2.24, 2.45) is 0 Å². The predicted octanol–water partition coefficient (Wildman–Crippen LogP) is 3.95. The van der Waals surface area contributed by atoms with Crippen molar-refractivity contribution < 1.29 is 18.6 Å². The van der Waals surface area contributed by atoms with Crippen LogP contribution in [0.2, 0.25) is 0 Å². The lowest BCUT2D eigenvalue weighted by Crippen LogP contribution is -2.01. The number of methoxy groups -OCH3 is 3. The first-order chi connectivity index (χ1) is 15.2. The molecule has 0 aliphatic rings. The Balaban J connectivity index is 1.44. The molecule has 0 fully saturated rings. The minimum atomic E-state index is 0.369. The van der Waals surface area contributed by atoms with Gasteiger partial charge in [0.15, 0.2) is 16.7 Å². The molecule has 0 spiro atoms. The van der Waals surface area contributed by atoms with Gasteiger partial charge in [-0.3, -0.25) is 0 Å². The maximum Gasteiger partial charge on any atom is 0.248 e. The molecular formula is C20H21N5O4S2. The van der Waals surface area contributed by atoms with E-state index in [1.807, 2.05) is 4.57 Å². The van der Waals surface area contributed by atoms with Crippen LogP contribution in [0.1, 0.15) is 10.8 Å². The third kappa shape index (κ3) is 4.83. The molecule has 1 aromatic carbocycles. The second kappa shape index (κ2) is 9.84. The molecule has 0 bridgehead atoms. The average molecular weight is 460 g/mol. The van der Waals surface area contributed by atoms with Crippen LogP contribution < -0.4 is 14.2 Å². The summed E-state index contributed by atoms with van der Waals surface area (Å²) in [7, 11) is 4.68. The smallest absolute Gasteiger partial charge is 0.248 e. The zero-order chi connectivity index (χ0) is 21.6. The van der Waals surface area contributed by atoms with E-state index in [-0.39, 0.29) is 0 Å². The highest BCUT2D eigenvalue weighted by Gasteiger charge is 2.18. The van der Waals surface area contributed by atoms with E-state index < -0.39 is 0 Å². The van der Waals surface area contributed by atoms with Gasteiger partial charge in [-0.1, -0.05) is 17.8 Å². The van der Waals surface area contributed by atoms with Crippen molar-refractivity contribution in [1.29, 1.82) is 0 Å². The molecule has 4 aromatic rings. The molecule has 9 nitrogen and oxygen atoms in total. The largest absolute Gasteiger partial charge is 0.493 e. The molecule has 11 heteroatoms. The minimum absolute atomic E-state index is 0.369. The number of benzene rings is 1. The average Bonchev–Trinajstić information content (AvgIpc) is 3.57. The number of nitrogens with zero attached hydrogens (tertiary/aromatic N) is 5. The highest BCUT2D eigenvalue weighted by atomic mass is 32.2. The molecule has 0 aliphatic heterocycles. The van der Waals surface area contributed by atoms with Crippen molar-refractivity contribution in [2.45, 2.75) is 23.9 Å². The molecule has 3 aromatic heterocycles. The van der Waals surface area contributed by atoms with Gasteiger partial charge in [-0.2, -0.15) is 0 Å². The van der Waals surface area contributed by atoms with Crippen molar-refractivity contribution in [1.82, 2.24) is 25.0 Å². The highest BCUT2D eigenvalue weighted by molar-refractivity contribution is 7.98. The van der Waals surface area contributed by atoms with Crippen molar-refractivity contribution >= 4 is 23.1 Å². The number of ether oxygens (including phenoxy) is 3. The quantitative estimate of drug-likeness (QED) is 0.326. The van der Waals surface area contributed by atoms with Crippen LogP contribution >= 0.6 is 23.1 Å². The molecule has 162 valence electrons. The van der Waals surface area contributed by atoms with Crippen molar-refractivity contribution in [3.05, 3.63) is 46.7 Å². The van der Waals surface area contributed by atoms with Gasteiger partial charge in [0.1, 0.15) is 6.33 Å². The Morgan fingerprint density at radius 1 is 1.06 bits per heavy atom. The minimum Gasteiger partial charge on any atom is -0.493 e. The van der Waals surface area contributed by atoms with Gasteiger partial charge in [0.2, 0.25) is 17.5 Å². The van der Waals surface area contributed by atoms with Crippen molar-refractivity contribution in [2.75, 3.05) is 21.3 Å². The standard InChI is InChI=1S/C20H21N5O4S2/c1-26-15-9-13(10-16(27-2)18(15)28-3)19-23-22-17(29-19)11-31-20-24-21-12-25(20)7-6-14-5-4-8-30-14/h4-5,8-10,12H,6-7,11H2,1-3H3. The van der Waals surface area contributed by atoms with Crippen LogP contribution in [0.15, 0.2) is 45.5 Å². The summed E-state index contributed by atoms with van der Waals surface area (Å²) in [6, 6.07) is 7.73. The van der Waals surface area contributed by atoms with Crippen LogP contribution in [0.5, 0.6) is 17.2 Å². The van der Waals surface area contributed by atoms with Gasteiger partial charge in [-0.05, 0) is 30.0 Å². The number of aryl methyl sites for hydroxylation is 2. The number of thiophene rings is 1. The molecule has 0 radical (unpaired) electrons. The molecule has 0 aliphatic carbocycles. The van der Waals surface area contributed by atoms with E-state index in [1.165, 1.54) is 16.6 Å². The summed E-state index contributed by atoms with van der Waals surface area (Å²) >= 11 is 3.25. The van der Waals surface area contributed by atoms with Gasteiger partial charge in [-0.25, -0.2) is 0 Å². The van der Waals surface area contributed by atoms with Crippen LogP contribution in [0.25, 0.3) is 11.5 Å². The summed E-state index contributed by atoms with van der Waals surface area (Å²) < 4.78 is 24.0. The van der Waals surface area contributed by atoms with Crippen molar-refractivity contribution in [3.8, 4) is 28.7 Å². The summed E-state index contributed by atoms with van der Waals surface area (Å²) in [5, 5.41) is 19.4. The van der Waals surface area contributed by atoms with Crippen LogP contribution in [0.4, 0.5) is 0 Å². The van der Waals surface area contributed by atoms with E-state index in [1.54, 1.807) is 51.1 Å². The Morgan fingerprint density at radius 3 is 2.55 bits per heavy atom. The topological polar surface area (TPSA) is 97.3 Å². The number of rotatable bonds is 10. The summed E-state index contributed by atoms with van der Waals surface area (Å²) in [6.45, 7) is 0.816. The Labute approximate surface area is 187 Å². The molecule has 3 heterocycles. The molecular weight excluding hydrogens is 438 g/mol. The molecule has 4 rings (SSSR count). The first-order valence-corrected chi connectivity index (χ1v) is 11.2.